The monoisotopic (exact) mass is 628 g/mol. The fourth-order valence-corrected chi connectivity index (χ4v) is 15.4. The minimum absolute atomic E-state index is 0. The van der Waals surface area contributed by atoms with Crippen molar-refractivity contribution in [2.45, 2.75) is 0 Å². The minimum atomic E-state index is -1.63. The summed E-state index contributed by atoms with van der Waals surface area (Å²) in [5.41, 5.74) is 0. The fourth-order valence-electron chi connectivity index (χ4n) is 4.63. The molecule has 0 spiro atoms. The van der Waals surface area contributed by atoms with Gasteiger partial charge < -0.3 is 5.48 Å². The van der Waals surface area contributed by atoms with E-state index in [0.29, 0.717) is 0 Å². The van der Waals surface area contributed by atoms with Crippen molar-refractivity contribution in [1.29, 1.82) is 0 Å². The predicted octanol–water partition coefficient (Wildman–Crippen LogP) is 3.58. The Hall–Kier alpha value is -3.63. The summed E-state index contributed by atoms with van der Waals surface area (Å²) in [6.45, 7) is 0. The van der Waals surface area contributed by atoms with Gasteiger partial charge in [-0.2, -0.15) is 0 Å². The molecule has 0 aliphatic carbocycles. The van der Waals surface area contributed by atoms with Gasteiger partial charge >= 0.3 is 237 Å². The van der Waals surface area contributed by atoms with Crippen LogP contribution in [0.2, 0.25) is 0 Å². The molecule has 0 unspecified atom stereocenters. The summed E-state index contributed by atoms with van der Waals surface area (Å²) in [5.74, 6) is 0. The first-order valence-corrected chi connectivity index (χ1v) is 19.3. The van der Waals surface area contributed by atoms with Crippen LogP contribution in [0.25, 0.3) is 0 Å². The van der Waals surface area contributed by atoms with Crippen molar-refractivity contribution < 1.29 is 5.48 Å². The van der Waals surface area contributed by atoms with Crippen LogP contribution in [0, 0.1) is 0 Å². The average Bonchev–Trinajstić information content (AvgIpc) is 3.01. The predicted molar refractivity (Wildman–Crippen MR) is 172 cm³/mol. The second-order valence-electron chi connectivity index (χ2n) is 8.95. The molecule has 0 atom stereocenters. The molecule has 0 aromatic heterocycles. The normalized spacial score (nSPS) is 10.3. The molecule has 6 rings (SSSR count). The van der Waals surface area contributed by atoms with E-state index in [0.717, 1.165) is 0 Å². The van der Waals surface area contributed by atoms with Crippen molar-refractivity contribution in [2.75, 3.05) is 0 Å². The molecule has 2 N–H and O–H groups in total. The molecule has 6 aromatic carbocycles. The number of hydrogen-bond acceptors (Lipinski definition) is 0. The Morgan fingerprint density at radius 2 is 0.333 bits per heavy atom. The molecule has 0 aliphatic heterocycles. The zero-order valence-electron chi connectivity index (χ0n) is 21.8. The molecule has 0 bridgehead atoms. The van der Waals surface area contributed by atoms with Crippen LogP contribution in [0.1, 0.15) is 0 Å². The first-order valence-electron chi connectivity index (χ1n) is 13.0. The zero-order chi connectivity index (χ0) is 25.8. The van der Waals surface area contributed by atoms with Crippen molar-refractivity contribution in [1.82, 2.24) is 0 Å². The van der Waals surface area contributed by atoms with Crippen molar-refractivity contribution in [3.63, 3.8) is 0 Å². The van der Waals surface area contributed by atoms with E-state index in [-0.39, 0.29) is 5.48 Å². The van der Waals surface area contributed by atoms with Crippen molar-refractivity contribution >= 4 is 55.1 Å². The Kier molecular flexibility index (Phi) is 11.0. The van der Waals surface area contributed by atoms with Crippen LogP contribution >= 0.6 is 0 Å². The second kappa shape index (κ2) is 15.1. The van der Waals surface area contributed by atoms with Crippen LogP contribution in [0.3, 0.4) is 0 Å². The zero-order valence-corrected chi connectivity index (χ0v) is 26.0. The maximum absolute atomic E-state index is 2.27. The molecule has 6 aromatic rings. The molecule has 0 saturated heterocycles. The van der Waals surface area contributed by atoms with E-state index < -0.39 is 28.7 Å². The standard InChI is InChI=1S/2C18H15Ge.H2O/c2*1-4-10-16(11-5-1)19(17-12-6-2-7-13-17)18-14-8-3-9-15-18;/h2*1-15H;1H2. The van der Waals surface area contributed by atoms with E-state index >= 15 is 0 Å². The van der Waals surface area contributed by atoms with Crippen LogP contribution in [-0.2, 0) is 0 Å². The van der Waals surface area contributed by atoms with Gasteiger partial charge in [0.15, 0.2) is 0 Å². The molecular weight excluding hydrogens is 594 g/mol. The summed E-state index contributed by atoms with van der Waals surface area (Å²) in [6.07, 6.45) is 0. The van der Waals surface area contributed by atoms with E-state index in [1.807, 2.05) is 0 Å². The van der Waals surface area contributed by atoms with Gasteiger partial charge in [0.25, 0.3) is 0 Å². The summed E-state index contributed by atoms with van der Waals surface area (Å²) in [6, 6.07) is 65.6. The van der Waals surface area contributed by atoms with Gasteiger partial charge in [0.05, 0.1) is 0 Å². The summed E-state index contributed by atoms with van der Waals surface area (Å²) in [4.78, 5) is 0. The van der Waals surface area contributed by atoms with E-state index in [4.69, 9.17) is 0 Å². The van der Waals surface area contributed by atoms with E-state index in [1.165, 1.54) is 26.4 Å². The summed E-state index contributed by atoms with van der Waals surface area (Å²) in [5, 5.41) is 0. The molecule has 0 aliphatic rings. The Morgan fingerprint density at radius 1 is 0.205 bits per heavy atom. The molecule has 0 fully saturated rings. The Balaban J connectivity index is 0.000000176. The molecule has 0 heterocycles. The third-order valence-corrected chi connectivity index (χ3v) is 17.8. The Labute approximate surface area is 241 Å². The average molecular weight is 626 g/mol. The Bertz CT molecular complexity index is 1170. The van der Waals surface area contributed by atoms with Crippen molar-refractivity contribution in [3.8, 4) is 0 Å². The molecule has 39 heavy (non-hydrogen) atoms. The number of rotatable bonds is 6. The third-order valence-electron chi connectivity index (χ3n) is 6.37. The first kappa shape index (κ1) is 28.4. The first-order chi connectivity index (χ1) is 18.9. The summed E-state index contributed by atoms with van der Waals surface area (Å²) < 4.78 is 9.00. The van der Waals surface area contributed by atoms with Crippen LogP contribution in [0.5, 0.6) is 0 Å². The molecule has 190 valence electrons. The van der Waals surface area contributed by atoms with Gasteiger partial charge in [0.2, 0.25) is 0 Å². The van der Waals surface area contributed by atoms with Gasteiger partial charge in [-0.25, -0.2) is 0 Å². The molecule has 3 heteroatoms. The molecule has 1 nitrogen and oxygen atoms in total. The maximum atomic E-state index is 2.27. The SMILES string of the molecule is O.c1cc[c]([Ge]([c]2ccccc2)[c]2ccccc2)cc1.c1cc[c]([Ge]([c]2ccccc2)[c]2ccccc2)cc1. The van der Waals surface area contributed by atoms with Crippen LogP contribution in [0.4, 0.5) is 0 Å². The van der Waals surface area contributed by atoms with Gasteiger partial charge in [-0.05, 0) is 0 Å². The van der Waals surface area contributed by atoms with Gasteiger partial charge in [0, 0.05) is 0 Å². The van der Waals surface area contributed by atoms with Crippen LogP contribution in [-0.4, -0.2) is 34.2 Å². The Morgan fingerprint density at radius 3 is 0.462 bits per heavy atom. The molecule has 0 saturated carbocycles. The van der Waals surface area contributed by atoms with Gasteiger partial charge in [0.1, 0.15) is 0 Å². The third kappa shape index (κ3) is 7.70. The quantitative estimate of drug-likeness (QED) is 0.254. The van der Waals surface area contributed by atoms with E-state index in [9.17, 15) is 0 Å². The molecular formula is C36H32Ge2O. The molecule has 0 amide bonds. The summed E-state index contributed by atoms with van der Waals surface area (Å²) in [7, 11) is 0. The topological polar surface area (TPSA) is 31.5 Å². The molecule has 2 radical (unpaired) electrons. The van der Waals surface area contributed by atoms with Crippen LogP contribution in [0.15, 0.2) is 182 Å². The van der Waals surface area contributed by atoms with Crippen molar-refractivity contribution in [3.05, 3.63) is 182 Å². The van der Waals surface area contributed by atoms with Gasteiger partial charge in [-0.15, -0.1) is 0 Å². The number of benzene rings is 6. The van der Waals surface area contributed by atoms with E-state index in [2.05, 4.69) is 182 Å². The van der Waals surface area contributed by atoms with E-state index in [1.54, 1.807) is 0 Å². The van der Waals surface area contributed by atoms with Gasteiger partial charge in [-0.1, -0.05) is 0 Å². The fraction of sp³-hybridized carbons (Fsp3) is 0. The second-order valence-corrected chi connectivity index (χ2v) is 19.4. The van der Waals surface area contributed by atoms with Crippen molar-refractivity contribution in [2.24, 2.45) is 0 Å². The van der Waals surface area contributed by atoms with Gasteiger partial charge in [-0.3, -0.25) is 0 Å². The van der Waals surface area contributed by atoms with Crippen LogP contribution < -0.4 is 26.4 Å². The summed E-state index contributed by atoms with van der Waals surface area (Å²) >= 11 is -3.26. The number of hydrogen-bond donors (Lipinski definition) is 0.